The van der Waals surface area contributed by atoms with Crippen LogP contribution >= 0.6 is 11.6 Å². The van der Waals surface area contributed by atoms with Crippen molar-refractivity contribution >= 4 is 17.4 Å². The van der Waals surface area contributed by atoms with Crippen molar-refractivity contribution < 1.29 is 19.0 Å². The Hall–Kier alpha value is -1.96. The van der Waals surface area contributed by atoms with Crippen LogP contribution in [0.1, 0.15) is 20.1 Å². The first-order valence-electron chi connectivity index (χ1n) is 7.52. The highest BCUT2D eigenvalue weighted by Gasteiger charge is 2.45. The Morgan fingerprint density at radius 3 is 2.58 bits per heavy atom. The van der Waals surface area contributed by atoms with Crippen LogP contribution in [-0.4, -0.2) is 40.1 Å². The Morgan fingerprint density at radius 2 is 2.00 bits per heavy atom. The van der Waals surface area contributed by atoms with E-state index in [2.05, 4.69) is 10.1 Å². The summed E-state index contributed by atoms with van der Waals surface area (Å²) < 4.78 is 18.3. The Bertz CT molecular complexity index is 682. The first-order chi connectivity index (χ1) is 11.5. The van der Waals surface area contributed by atoms with Crippen LogP contribution < -0.4 is 4.74 Å². The lowest BCUT2D eigenvalue weighted by molar-refractivity contribution is -0.165. The van der Waals surface area contributed by atoms with Gasteiger partial charge in [0, 0.05) is 5.02 Å². The smallest absolute Gasteiger partial charge is 0.252 e. The second-order valence-corrected chi connectivity index (χ2v) is 6.40. The van der Waals surface area contributed by atoms with Gasteiger partial charge in [0.15, 0.2) is 6.29 Å². The van der Waals surface area contributed by atoms with E-state index in [1.807, 2.05) is 0 Å². The molecule has 1 aromatic carbocycles. The number of hydrogen-bond acceptors (Lipinski definition) is 6. The summed E-state index contributed by atoms with van der Waals surface area (Å²) in [5, 5.41) is 4.63. The fourth-order valence-corrected chi connectivity index (χ4v) is 2.54. The van der Waals surface area contributed by atoms with Gasteiger partial charge in [-0.05, 0) is 38.1 Å². The maximum absolute atomic E-state index is 13.1. The molecule has 0 amide bonds. The van der Waals surface area contributed by atoms with Crippen LogP contribution in [0.15, 0.2) is 36.9 Å². The quantitative estimate of drug-likeness (QED) is 0.795. The molecule has 1 aliphatic heterocycles. The van der Waals surface area contributed by atoms with Gasteiger partial charge in [-0.1, -0.05) is 11.6 Å². The monoisotopic (exact) mass is 351 g/mol. The van der Waals surface area contributed by atoms with Crippen LogP contribution in [0.5, 0.6) is 5.75 Å². The van der Waals surface area contributed by atoms with Crippen LogP contribution in [0.4, 0.5) is 0 Å². The van der Waals surface area contributed by atoms with Gasteiger partial charge < -0.3 is 14.2 Å². The van der Waals surface area contributed by atoms with E-state index in [9.17, 15) is 4.79 Å². The highest BCUT2D eigenvalue weighted by Crippen LogP contribution is 2.33. The van der Waals surface area contributed by atoms with Crippen molar-refractivity contribution in [2.45, 2.75) is 26.4 Å². The number of rotatable bonds is 6. The van der Waals surface area contributed by atoms with E-state index >= 15 is 0 Å². The van der Waals surface area contributed by atoms with Crippen LogP contribution in [0.3, 0.4) is 0 Å². The molecular weight excluding hydrogens is 334 g/mol. The molecule has 128 valence electrons. The van der Waals surface area contributed by atoms with Crippen molar-refractivity contribution in [3.05, 3.63) is 41.9 Å². The van der Waals surface area contributed by atoms with E-state index in [1.54, 1.807) is 38.1 Å². The number of hydrogen-bond donors (Lipinski definition) is 0. The molecule has 2 heterocycles. The Morgan fingerprint density at radius 1 is 1.33 bits per heavy atom. The zero-order valence-corrected chi connectivity index (χ0v) is 14.1. The van der Waals surface area contributed by atoms with Gasteiger partial charge in [0.05, 0.1) is 18.6 Å². The van der Waals surface area contributed by atoms with Crippen LogP contribution in [-0.2, 0) is 14.3 Å². The predicted molar refractivity (Wildman–Crippen MR) is 85.6 cm³/mol. The molecule has 2 aromatic rings. The average molecular weight is 352 g/mol. The fourth-order valence-electron chi connectivity index (χ4n) is 2.42. The summed E-state index contributed by atoms with van der Waals surface area (Å²) in [7, 11) is 0. The number of halogens is 1. The van der Waals surface area contributed by atoms with Crippen molar-refractivity contribution in [2.75, 3.05) is 13.2 Å². The lowest BCUT2D eigenvalue weighted by Gasteiger charge is -2.31. The first-order valence-corrected chi connectivity index (χ1v) is 7.90. The van der Waals surface area contributed by atoms with E-state index in [0.29, 0.717) is 24.0 Å². The molecule has 3 rings (SSSR count). The molecule has 1 aliphatic rings. The van der Waals surface area contributed by atoms with Crippen LogP contribution in [0, 0.1) is 5.41 Å². The number of ether oxygens (including phenoxy) is 3. The lowest BCUT2D eigenvalue weighted by Crippen LogP contribution is -2.44. The highest BCUT2D eigenvalue weighted by molar-refractivity contribution is 6.30. The molecule has 1 aromatic heterocycles. The summed E-state index contributed by atoms with van der Waals surface area (Å²) in [6.07, 6.45) is 1.17. The predicted octanol–water partition coefficient (Wildman–Crippen LogP) is 2.48. The molecule has 0 bridgehead atoms. The van der Waals surface area contributed by atoms with E-state index in [4.69, 9.17) is 25.8 Å². The largest absolute Gasteiger partial charge is 0.461 e. The number of benzene rings is 1. The zero-order valence-electron chi connectivity index (χ0n) is 13.4. The van der Waals surface area contributed by atoms with E-state index in [1.165, 1.54) is 17.3 Å². The fraction of sp³-hybridized carbons (Fsp3) is 0.438. The van der Waals surface area contributed by atoms with E-state index < -0.39 is 17.9 Å². The molecule has 0 radical (unpaired) electrons. The molecule has 0 aliphatic carbocycles. The third kappa shape index (κ3) is 3.43. The molecule has 0 spiro atoms. The van der Waals surface area contributed by atoms with Gasteiger partial charge in [-0.2, -0.15) is 5.10 Å². The van der Waals surface area contributed by atoms with Gasteiger partial charge >= 0.3 is 0 Å². The molecule has 1 atom stereocenters. The average Bonchev–Trinajstić information content (AvgIpc) is 3.27. The number of Topliss-reactive ketones (excluding diaryl/α,β-unsaturated/α-hetero) is 1. The summed E-state index contributed by atoms with van der Waals surface area (Å²) >= 11 is 5.89. The van der Waals surface area contributed by atoms with Crippen molar-refractivity contribution in [3.63, 3.8) is 0 Å². The maximum atomic E-state index is 13.1. The summed E-state index contributed by atoms with van der Waals surface area (Å²) in [5.41, 5.74) is -0.917. The molecular formula is C16H18ClN3O4. The minimum Gasteiger partial charge on any atom is -0.461 e. The number of carbonyl (C=O) groups excluding carboxylic acids is 1. The van der Waals surface area contributed by atoms with Gasteiger partial charge in [0.25, 0.3) is 6.23 Å². The number of carbonyl (C=O) groups is 1. The Kier molecular flexibility index (Phi) is 4.84. The van der Waals surface area contributed by atoms with Gasteiger partial charge in [-0.15, -0.1) is 0 Å². The highest BCUT2D eigenvalue weighted by atomic mass is 35.5. The van der Waals surface area contributed by atoms with Crippen molar-refractivity contribution in [1.29, 1.82) is 0 Å². The number of nitrogens with zero attached hydrogens (tertiary/aromatic N) is 3. The zero-order chi connectivity index (χ0) is 17.2. The van der Waals surface area contributed by atoms with E-state index in [-0.39, 0.29) is 5.78 Å². The van der Waals surface area contributed by atoms with Crippen LogP contribution in [0.2, 0.25) is 5.02 Å². The van der Waals surface area contributed by atoms with Crippen molar-refractivity contribution in [3.8, 4) is 5.75 Å². The van der Waals surface area contributed by atoms with Gasteiger partial charge in [-0.3, -0.25) is 4.79 Å². The Labute approximate surface area is 144 Å². The second kappa shape index (κ2) is 6.88. The van der Waals surface area contributed by atoms with E-state index in [0.717, 1.165) is 0 Å². The summed E-state index contributed by atoms with van der Waals surface area (Å²) in [6, 6.07) is 6.76. The normalized spacial score (nSPS) is 17.0. The first kappa shape index (κ1) is 16.9. The van der Waals surface area contributed by atoms with Crippen molar-refractivity contribution in [2.24, 2.45) is 5.41 Å². The number of aromatic nitrogens is 3. The molecule has 0 saturated carbocycles. The van der Waals surface area contributed by atoms with Crippen molar-refractivity contribution in [1.82, 2.24) is 14.8 Å². The standard InChI is InChI=1S/C16H18ClN3O4/c1-16(2,15-22-7-8-23-15)13(21)14(20-10-18-9-19-20)24-12-5-3-11(17)4-6-12/h3-6,9-10,14-15H,7-8H2,1-2H3. The summed E-state index contributed by atoms with van der Waals surface area (Å²) in [5.74, 6) is 0.271. The molecule has 0 N–H and O–H groups in total. The molecule has 1 unspecified atom stereocenters. The second-order valence-electron chi connectivity index (χ2n) is 5.96. The summed E-state index contributed by atoms with van der Waals surface area (Å²) in [6.45, 7) is 4.46. The third-order valence-electron chi connectivity index (χ3n) is 3.81. The topological polar surface area (TPSA) is 75.5 Å². The third-order valence-corrected chi connectivity index (χ3v) is 4.06. The lowest BCUT2D eigenvalue weighted by atomic mass is 9.86. The summed E-state index contributed by atoms with van der Waals surface area (Å²) in [4.78, 5) is 17.0. The molecule has 1 fully saturated rings. The number of ketones is 1. The minimum atomic E-state index is -0.989. The maximum Gasteiger partial charge on any atom is 0.252 e. The van der Waals surface area contributed by atoms with Gasteiger partial charge in [0.1, 0.15) is 18.4 Å². The SMILES string of the molecule is CC(C)(C(=O)C(Oc1ccc(Cl)cc1)n1cncn1)C1OCCO1. The minimum absolute atomic E-state index is 0.227. The molecule has 8 heteroatoms. The molecule has 24 heavy (non-hydrogen) atoms. The molecule has 1 saturated heterocycles. The van der Waals surface area contributed by atoms with Gasteiger partial charge in [0.2, 0.25) is 5.78 Å². The molecule has 7 nitrogen and oxygen atoms in total. The Balaban J connectivity index is 1.87. The van der Waals surface area contributed by atoms with Gasteiger partial charge in [-0.25, -0.2) is 9.67 Å². The van der Waals surface area contributed by atoms with Crippen LogP contribution in [0.25, 0.3) is 0 Å².